The lowest BCUT2D eigenvalue weighted by atomic mass is 10.1. The Bertz CT molecular complexity index is 480. The molecular weight excluding hydrogens is 258 g/mol. The molecule has 0 spiro atoms. The van der Waals surface area contributed by atoms with Gasteiger partial charge in [0, 0.05) is 12.3 Å². The van der Waals surface area contributed by atoms with E-state index in [1.165, 1.54) is 0 Å². The van der Waals surface area contributed by atoms with Crippen LogP contribution in [0.4, 0.5) is 10.8 Å². The van der Waals surface area contributed by atoms with E-state index in [-0.39, 0.29) is 16.8 Å². The highest BCUT2D eigenvalue weighted by atomic mass is 32.2. The predicted molar refractivity (Wildman–Crippen MR) is 72.2 cm³/mol. The van der Waals surface area contributed by atoms with Gasteiger partial charge in [0.1, 0.15) is 9.90 Å². The fourth-order valence-corrected chi connectivity index (χ4v) is 3.90. The van der Waals surface area contributed by atoms with Crippen molar-refractivity contribution >= 4 is 32.2 Å². The largest absolute Gasteiger partial charge is 0.382 e. The molecule has 0 amide bonds. The van der Waals surface area contributed by atoms with Crippen LogP contribution in [0.25, 0.3) is 0 Å². The molecule has 0 fully saturated rings. The summed E-state index contributed by atoms with van der Waals surface area (Å²) in [4.78, 5) is 0.123. The van der Waals surface area contributed by atoms with Gasteiger partial charge in [-0.2, -0.15) is 4.37 Å². The van der Waals surface area contributed by atoms with E-state index in [0.29, 0.717) is 10.9 Å². The van der Waals surface area contributed by atoms with Crippen molar-refractivity contribution in [1.29, 1.82) is 0 Å². The first-order valence-corrected chi connectivity index (χ1v) is 8.10. The fourth-order valence-electron chi connectivity index (χ4n) is 1.73. The SMILES string of the molecule is CC(C)CC(C)Nc1snc(N)c1S(C)(=O)=O. The molecule has 0 aliphatic carbocycles. The van der Waals surface area contributed by atoms with Crippen LogP contribution in [0.2, 0.25) is 0 Å². The minimum absolute atomic E-state index is 0.0803. The monoisotopic (exact) mass is 277 g/mol. The van der Waals surface area contributed by atoms with Crippen LogP contribution in [0.1, 0.15) is 27.2 Å². The van der Waals surface area contributed by atoms with Gasteiger partial charge in [-0.05, 0) is 30.8 Å². The Balaban J connectivity index is 2.93. The van der Waals surface area contributed by atoms with E-state index >= 15 is 0 Å². The van der Waals surface area contributed by atoms with Crippen molar-refractivity contribution in [3.63, 3.8) is 0 Å². The number of nitrogens with zero attached hydrogens (tertiary/aromatic N) is 1. The first-order valence-electron chi connectivity index (χ1n) is 5.43. The summed E-state index contributed by atoms with van der Waals surface area (Å²) in [5.74, 6) is 0.626. The number of sulfone groups is 1. The molecule has 0 aliphatic rings. The topological polar surface area (TPSA) is 85.1 Å². The lowest BCUT2D eigenvalue weighted by molar-refractivity contribution is 0.540. The van der Waals surface area contributed by atoms with E-state index < -0.39 is 9.84 Å². The highest BCUT2D eigenvalue weighted by molar-refractivity contribution is 7.91. The zero-order valence-electron chi connectivity index (χ0n) is 10.5. The summed E-state index contributed by atoms with van der Waals surface area (Å²) < 4.78 is 27.1. The lowest BCUT2D eigenvalue weighted by Gasteiger charge is -2.16. The molecule has 1 unspecified atom stereocenters. The maximum atomic E-state index is 11.6. The van der Waals surface area contributed by atoms with Crippen molar-refractivity contribution in [2.24, 2.45) is 5.92 Å². The Kier molecular flexibility index (Phi) is 4.37. The van der Waals surface area contributed by atoms with Crippen LogP contribution >= 0.6 is 11.5 Å². The van der Waals surface area contributed by atoms with E-state index in [1.54, 1.807) is 0 Å². The number of nitrogen functional groups attached to an aromatic ring is 1. The number of rotatable bonds is 5. The van der Waals surface area contributed by atoms with Gasteiger partial charge in [-0.25, -0.2) is 8.42 Å². The molecule has 1 rings (SSSR count). The van der Waals surface area contributed by atoms with Crippen LogP contribution in [0, 0.1) is 5.92 Å². The minimum atomic E-state index is -3.33. The average Bonchev–Trinajstić information content (AvgIpc) is 2.43. The molecule has 0 saturated carbocycles. The molecule has 0 aromatic carbocycles. The molecule has 17 heavy (non-hydrogen) atoms. The molecule has 1 heterocycles. The summed E-state index contributed by atoms with van der Waals surface area (Å²) in [5, 5.41) is 3.71. The summed E-state index contributed by atoms with van der Waals surface area (Å²) in [7, 11) is -3.33. The molecular formula is C10H19N3O2S2. The van der Waals surface area contributed by atoms with Gasteiger partial charge in [0.2, 0.25) is 0 Å². The third-order valence-corrected chi connectivity index (χ3v) is 4.32. The Hall–Kier alpha value is -0.820. The molecule has 98 valence electrons. The third kappa shape index (κ3) is 3.85. The molecule has 1 aromatic rings. The van der Waals surface area contributed by atoms with Crippen LogP contribution in [0.15, 0.2) is 4.90 Å². The molecule has 0 radical (unpaired) electrons. The van der Waals surface area contributed by atoms with Crippen LogP contribution in [-0.4, -0.2) is 25.1 Å². The van der Waals surface area contributed by atoms with Crippen LogP contribution in [-0.2, 0) is 9.84 Å². The van der Waals surface area contributed by atoms with Gasteiger partial charge in [-0.15, -0.1) is 0 Å². The maximum absolute atomic E-state index is 11.6. The average molecular weight is 277 g/mol. The van der Waals surface area contributed by atoms with Crippen molar-refractivity contribution in [2.75, 3.05) is 17.3 Å². The Labute approximate surface area is 107 Å². The zero-order valence-corrected chi connectivity index (χ0v) is 12.2. The normalized spacial score (nSPS) is 13.9. The lowest BCUT2D eigenvalue weighted by Crippen LogP contribution is -2.18. The predicted octanol–water partition coefficient (Wildman–Crippen LogP) is 1.98. The van der Waals surface area contributed by atoms with Gasteiger partial charge in [0.05, 0.1) is 0 Å². The second kappa shape index (κ2) is 5.22. The van der Waals surface area contributed by atoms with E-state index in [4.69, 9.17) is 5.73 Å². The first-order chi connectivity index (χ1) is 7.71. The highest BCUT2D eigenvalue weighted by Gasteiger charge is 2.22. The standard InChI is InChI=1S/C10H19N3O2S2/c1-6(2)5-7(3)12-10-8(17(4,14)15)9(11)13-16-10/h6-7,12H,5H2,1-4H3,(H2,11,13). The second-order valence-corrected chi connectivity index (χ2v) is 7.40. The third-order valence-electron chi connectivity index (χ3n) is 2.25. The number of anilines is 2. The molecule has 3 N–H and O–H groups in total. The molecule has 1 aromatic heterocycles. The van der Waals surface area contributed by atoms with Crippen molar-refractivity contribution in [3.05, 3.63) is 0 Å². The van der Waals surface area contributed by atoms with E-state index in [0.717, 1.165) is 24.2 Å². The Morgan fingerprint density at radius 3 is 2.47 bits per heavy atom. The van der Waals surface area contributed by atoms with E-state index in [2.05, 4.69) is 23.5 Å². The molecule has 0 bridgehead atoms. The number of nitrogens with one attached hydrogen (secondary N) is 1. The molecule has 1 atom stereocenters. The van der Waals surface area contributed by atoms with Crippen molar-refractivity contribution in [2.45, 2.75) is 38.1 Å². The summed E-state index contributed by atoms with van der Waals surface area (Å²) in [5.41, 5.74) is 5.58. The van der Waals surface area contributed by atoms with Gasteiger partial charge in [-0.3, -0.25) is 0 Å². The van der Waals surface area contributed by atoms with Crippen LogP contribution in [0.3, 0.4) is 0 Å². The van der Waals surface area contributed by atoms with Crippen molar-refractivity contribution in [3.8, 4) is 0 Å². The Morgan fingerprint density at radius 2 is 2.00 bits per heavy atom. The minimum Gasteiger partial charge on any atom is -0.382 e. The molecule has 7 heteroatoms. The number of hydrogen-bond donors (Lipinski definition) is 2. The second-order valence-electron chi connectivity index (χ2n) is 4.67. The van der Waals surface area contributed by atoms with Crippen LogP contribution < -0.4 is 11.1 Å². The first kappa shape index (κ1) is 14.2. The van der Waals surface area contributed by atoms with Gasteiger partial charge in [0.15, 0.2) is 15.7 Å². The molecule has 0 aliphatic heterocycles. The fraction of sp³-hybridized carbons (Fsp3) is 0.700. The smallest absolute Gasteiger partial charge is 0.182 e. The molecule has 0 saturated heterocycles. The van der Waals surface area contributed by atoms with Crippen molar-refractivity contribution < 1.29 is 8.42 Å². The van der Waals surface area contributed by atoms with Gasteiger partial charge >= 0.3 is 0 Å². The van der Waals surface area contributed by atoms with Crippen molar-refractivity contribution in [1.82, 2.24) is 4.37 Å². The highest BCUT2D eigenvalue weighted by Crippen LogP contribution is 2.32. The van der Waals surface area contributed by atoms with Gasteiger partial charge < -0.3 is 11.1 Å². The maximum Gasteiger partial charge on any atom is 0.182 e. The number of hydrogen-bond acceptors (Lipinski definition) is 6. The summed E-state index contributed by atoms with van der Waals surface area (Å²) in [6.07, 6.45) is 2.10. The molecule has 5 nitrogen and oxygen atoms in total. The van der Waals surface area contributed by atoms with Crippen LogP contribution in [0.5, 0.6) is 0 Å². The Morgan fingerprint density at radius 1 is 1.41 bits per heavy atom. The van der Waals surface area contributed by atoms with Gasteiger partial charge in [-0.1, -0.05) is 13.8 Å². The van der Waals surface area contributed by atoms with E-state index in [9.17, 15) is 8.42 Å². The summed E-state index contributed by atoms with van der Waals surface area (Å²) in [6, 6.07) is 0.190. The quantitative estimate of drug-likeness (QED) is 0.859. The van der Waals surface area contributed by atoms with Gasteiger partial charge in [0.25, 0.3) is 0 Å². The summed E-state index contributed by atoms with van der Waals surface area (Å²) >= 11 is 1.09. The summed E-state index contributed by atoms with van der Waals surface area (Å²) in [6.45, 7) is 6.26. The van der Waals surface area contributed by atoms with E-state index in [1.807, 2.05) is 6.92 Å². The number of nitrogens with two attached hydrogens (primary N) is 1. The zero-order chi connectivity index (χ0) is 13.2. The number of aromatic nitrogens is 1.